The summed E-state index contributed by atoms with van der Waals surface area (Å²) in [7, 11) is 0. The van der Waals surface area contributed by atoms with Crippen molar-refractivity contribution in [3.8, 4) is 0 Å². The third-order valence-electron chi connectivity index (χ3n) is 6.77. The number of aromatic nitrogens is 1. The highest BCUT2D eigenvalue weighted by Gasteiger charge is 2.23. The van der Waals surface area contributed by atoms with Crippen LogP contribution in [0.4, 0.5) is 5.69 Å². The Kier molecular flexibility index (Phi) is 6.49. The number of carboxylic acid groups (broad SMARTS) is 1. The van der Waals surface area contributed by atoms with E-state index in [0.29, 0.717) is 0 Å². The zero-order valence-corrected chi connectivity index (χ0v) is 19.4. The quantitative estimate of drug-likeness (QED) is 0.307. The Balaban J connectivity index is 1.62. The van der Waals surface area contributed by atoms with Crippen LogP contribution in [-0.2, 0) is 9.59 Å². The molecule has 2 N–H and O–H groups in total. The summed E-state index contributed by atoms with van der Waals surface area (Å²) >= 11 is 0. The smallest absolute Gasteiger partial charge is 0.328 e. The summed E-state index contributed by atoms with van der Waals surface area (Å²) in [6.07, 6.45) is 8.85. The van der Waals surface area contributed by atoms with Gasteiger partial charge in [0.25, 0.3) is 0 Å². The molecule has 1 saturated carbocycles. The van der Waals surface area contributed by atoms with Crippen LogP contribution >= 0.6 is 0 Å². The van der Waals surface area contributed by atoms with Gasteiger partial charge >= 0.3 is 5.97 Å². The molecular formula is C30H28N2O3. The van der Waals surface area contributed by atoms with Gasteiger partial charge in [0.15, 0.2) is 0 Å². The Hall–Kier alpha value is -4.12. The van der Waals surface area contributed by atoms with E-state index in [4.69, 9.17) is 0 Å². The number of aliphatic carboxylic acids is 1. The fraction of sp³-hybridized carbons (Fsp3) is 0.200. The Morgan fingerprint density at radius 1 is 0.914 bits per heavy atom. The van der Waals surface area contributed by atoms with Gasteiger partial charge in [0.05, 0.1) is 6.04 Å². The van der Waals surface area contributed by atoms with E-state index in [1.807, 2.05) is 60.8 Å². The number of carbonyl (C=O) groups excluding carboxylic acids is 1. The molecule has 1 fully saturated rings. The normalized spacial score (nSPS) is 14.2. The van der Waals surface area contributed by atoms with Gasteiger partial charge in [-0.15, -0.1) is 0 Å². The number of fused-ring (bicyclic) bond motifs is 1. The number of carboxylic acids is 1. The second kappa shape index (κ2) is 10.0. The lowest BCUT2D eigenvalue weighted by molar-refractivity contribution is -0.131. The monoisotopic (exact) mass is 464 g/mol. The average Bonchev–Trinajstić information content (AvgIpc) is 3.53. The van der Waals surface area contributed by atoms with Gasteiger partial charge in [0.2, 0.25) is 5.91 Å². The molecule has 0 bridgehead atoms. The summed E-state index contributed by atoms with van der Waals surface area (Å²) in [5.74, 6) is -0.864. The van der Waals surface area contributed by atoms with E-state index in [-0.39, 0.29) is 17.9 Å². The van der Waals surface area contributed by atoms with Crippen molar-refractivity contribution in [2.24, 2.45) is 5.92 Å². The standard InChI is InChI=1S/C30H28N2O3/c33-28(34)18-15-24-20-32(29(21-9-3-1-4-10-21)22-11-5-2-6-12-22)27-17-16-25(19-26(24)27)31-30(35)23-13-7-8-14-23/h1-6,9-12,15-20,23,29H,7-8,13-14H2,(H,31,35)(H,33,34). The Labute approximate surface area is 204 Å². The first-order valence-corrected chi connectivity index (χ1v) is 12.1. The van der Waals surface area contributed by atoms with Crippen LogP contribution in [0, 0.1) is 5.92 Å². The van der Waals surface area contributed by atoms with E-state index in [0.717, 1.165) is 65.0 Å². The van der Waals surface area contributed by atoms with Crippen molar-refractivity contribution in [3.05, 3.63) is 108 Å². The lowest BCUT2D eigenvalue weighted by atomic mass is 9.98. The second-order valence-electron chi connectivity index (χ2n) is 9.09. The van der Waals surface area contributed by atoms with Crippen molar-refractivity contribution in [3.63, 3.8) is 0 Å². The third kappa shape index (κ3) is 4.90. The molecule has 0 radical (unpaired) electrons. The first kappa shape index (κ1) is 22.7. The number of amides is 1. The molecule has 1 amide bonds. The van der Waals surface area contributed by atoms with Gasteiger partial charge in [-0.1, -0.05) is 73.5 Å². The summed E-state index contributed by atoms with van der Waals surface area (Å²) < 4.78 is 2.18. The molecule has 0 aliphatic heterocycles. The number of carbonyl (C=O) groups is 2. The molecule has 1 heterocycles. The van der Waals surface area contributed by atoms with Crippen LogP contribution in [0.15, 0.2) is 91.1 Å². The van der Waals surface area contributed by atoms with Gasteiger partial charge in [-0.2, -0.15) is 0 Å². The Bertz CT molecular complexity index is 1330. The predicted molar refractivity (Wildman–Crippen MR) is 139 cm³/mol. The number of benzene rings is 3. The number of nitrogens with zero attached hydrogens (tertiary/aromatic N) is 1. The van der Waals surface area contributed by atoms with Crippen molar-refractivity contribution >= 4 is 34.5 Å². The molecule has 5 heteroatoms. The van der Waals surface area contributed by atoms with Crippen LogP contribution in [0.2, 0.25) is 0 Å². The molecule has 5 nitrogen and oxygen atoms in total. The van der Waals surface area contributed by atoms with Gasteiger partial charge in [0, 0.05) is 40.3 Å². The van der Waals surface area contributed by atoms with Crippen molar-refractivity contribution in [1.82, 2.24) is 4.57 Å². The van der Waals surface area contributed by atoms with Crippen LogP contribution in [0.5, 0.6) is 0 Å². The zero-order chi connectivity index (χ0) is 24.2. The molecule has 0 unspecified atom stereocenters. The molecule has 5 rings (SSSR count). The fourth-order valence-corrected chi connectivity index (χ4v) is 5.08. The minimum atomic E-state index is -1.00. The minimum Gasteiger partial charge on any atom is -0.478 e. The maximum Gasteiger partial charge on any atom is 0.328 e. The van der Waals surface area contributed by atoms with Gasteiger partial charge in [-0.05, 0) is 48.2 Å². The number of anilines is 1. The molecule has 3 aromatic carbocycles. The third-order valence-corrected chi connectivity index (χ3v) is 6.77. The maximum atomic E-state index is 12.7. The lowest BCUT2D eigenvalue weighted by Crippen LogP contribution is -2.20. The predicted octanol–water partition coefficient (Wildman–Crippen LogP) is 6.51. The molecular weight excluding hydrogens is 436 g/mol. The second-order valence-corrected chi connectivity index (χ2v) is 9.09. The van der Waals surface area contributed by atoms with E-state index in [9.17, 15) is 14.7 Å². The summed E-state index contributed by atoms with van der Waals surface area (Å²) in [6, 6.07) is 26.3. The summed E-state index contributed by atoms with van der Waals surface area (Å²) in [5, 5.41) is 13.2. The maximum absolute atomic E-state index is 12.7. The van der Waals surface area contributed by atoms with Crippen molar-refractivity contribution in [2.45, 2.75) is 31.7 Å². The summed E-state index contributed by atoms with van der Waals surface area (Å²) in [6.45, 7) is 0. The highest BCUT2D eigenvalue weighted by atomic mass is 16.4. The van der Waals surface area contributed by atoms with E-state index in [1.165, 1.54) is 0 Å². The van der Waals surface area contributed by atoms with E-state index in [1.54, 1.807) is 6.08 Å². The topological polar surface area (TPSA) is 71.3 Å². The van der Waals surface area contributed by atoms with E-state index < -0.39 is 5.97 Å². The van der Waals surface area contributed by atoms with Crippen LogP contribution in [0.1, 0.15) is 48.4 Å². The van der Waals surface area contributed by atoms with E-state index >= 15 is 0 Å². The van der Waals surface area contributed by atoms with Gasteiger partial charge in [0.1, 0.15) is 0 Å². The number of nitrogens with one attached hydrogen (secondary N) is 1. The minimum absolute atomic E-state index is 0.0651. The van der Waals surface area contributed by atoms with Crippen LogP contribution < -0.4 is 5.32 Å². The number of rotatable bonds is 7. The number of hydrogen-bond acceptors (Lipinski definition) is 2. The van der Waals surface area contributed by atoms with Gasteiger partial charge in [-0.25, -0.2) is 4.79 Å². The molecule has 1 aromatic heterocycles. The van der Waals surface area contributed by atoms with Crippen molar-refractivity contribution in [2.75, 3.05) is 5.32 Å². The lowest BCUT2D eigenvalue weighted by Gasteiger charge is -2.21. The van der Waals surface area contributed by atoms with Crippen molar-refractivity contribution < 1.29 is 14.7 Å². The average molecular weight is 465 g/mol. The van der Waals surface area contributed by atoms with Crippen LogP contribution in [0.3, 0.4) is 0 Å². The number of hydrogen-bond donors (Lipinski definition) is 2. The summed E-state index contributed by atoms with van der Waals surface area (Å²) in [5.41, 5.74) is 4.74. The molecule has 1 aliphatic carbocycles. The first-order chi connectivity index (χ1) is 17.1. The van der Waals surface area contributed by atoms with Crippen LogP contribution in [-0.4, -0.2) is 21.6 Å². The molecule has 1 aliphatic rings. The van der Waals surface area contributed by atoms with Crippen LogP contribution in [0.25, 0.3) is 17.0 Å². The SMILES string of the molecule is O=C(O)C=Cc1cn(C(c2ccccc2)c2ccccc2)c2ccc(NC(=O)C3CCCC3)cc12. The van der Waals surface area contributed by atoms with E-state index in [2.05, 4.69) is 34.1 Å². The van der Waals surface area contributed by atoms with Crippen molar-refractivity contribution in [1.29, 1.82) is 0 Å². The fourth-order valence-electron chi connectivity index (χ4n) is 5.08. The van der Waals surface area contributed by atoms with Gasteiger partial charge in [-0.3, -0.25) is 4.79 Å². The molecule has 0 atom stereocenters. The molecule has 35 heavy (non-hydrogen) atoms. The zero-order valence-electron chi connectivity index (χ0n) is 19.4. The summed E-state index contributed by atoms with van der Waals surface area (Å²) in [4.78, 5) is 24.0. The molecule has 176 valence electrons. The Morgan fingerprint density at radius 2 is 1.54 bits per heavy atom. The Morgan fingerprint density at radius 3 is 2.14 bits per heavy atom. The molecule has 0 spiro atoms. The highest BCUT2D eigenvalue weighted by molar-refractivity contribution is 5.99. The van der Waals surface area contributed by atoms with Gasteiger partial charge < -0.3 is 15.0 Å². The molecule has 0 saturated heterocycles. The highest BCUT2D eigenvalue weighted by Crippen LogP contribution is 2.35. The first-order valence-electron chi connectivity index (χ1n) is 12.1. The largest absolute Gasteiger partial charge is 0.478 e. The molecule has 4 aromatic rings.